The van der Waals surface area contributed by atoms with Crippen LogP contribution in [0.1, 0.15) is 143 Å². The van der Waals surface area contributed by atoms with Gasteiger partial charge in [0.1, 0.15) is 0 Å². The van der Waals surface area contributed by atoms with Gasteiger partial charge in [0.2, 0.25) is 0 Å². The smallest absolute Gasteiger partial charge is 0.0973 e. The van der Waals surface area contributed by atoms with Crippen LogP contribution in [0.4, 0.5) is 4.39 Å². The highest BCUT2D eigenvalue weighted by molar-refractivity contribution is 4.56. The van der Waals surface area contributed by atoms with Gasteiger partial charge in [-0.1, -0.05) is 110 Å². The summed E-state index contributed by atoms with van der Waals surface area (Å²) in [5, 5.41) is 0. The lowest BCUT2D eigenvalue weighted by atomic mass is 10.0. The second kappa shape index (κ2) is 25.1. The van der Waals surface area contributed by atoms with Gasteiger partial charge in [0.25, 0.3) is 0 Å². The van der Waals surface area contributed by atoms with E-state index < -0.39 is 6.17 Å². The molecular weight excluding hydrogens is 375 g/mol. The largest absolute Gasteiger partial charge is 0.379 e. The summed E-state index contributed by atoms with van der Waals surface area (Å²) in [6.45, 7) is 8.64. The van der Waals surface area contributed by atoms with Crippen molar-refractivity contribution in [1.82, 2.24) is 0 Å². The monoisotopic (exact) mass is 430 g/mol. The molecule has 0 aliphatic carbocycles. The van der Waals surface area contributed by atoms with E-state index in [4.69, 9.17) is 9.47 Å². The summed E-state index contributed by atoms with van der Waals surface area (Å²) in [5.41, 5.74) is 0. The maximum absolute atomic E-state index is 12.7. The topological polar surface area (TPSA) is 18.5 Å². The normalized spacial score (nSPS) is 13.6. The Hall–Kier alpha value is -0.150. The van der Waals surface area contributed by atoms with Crippen LogP contribution in [0.25, 0.3) is 0 Å². The molecule has 0 aliphatic heterocycles. The summed E-state index contributed by atoms with van der Waals surface area (Å²) < 4.78 is 24.5. The zero-order valence-electron chi connectivity index (χ0n) is 20.9. The van der Waals surface area contributed by atoms with Crippen LogP contribution in [-0.4, -0.2) is 32.1 Å². The summed E-state index contributed by atoms with van der Waals surface area (Å²) in [6, 6.07) is 0. The van der Waals surface area contributed by atoms with Gasteiger partial charge in [-0.25, -0.2) is 4.39 Å². The van der Waals surface area contributed by atoms with Crippen LogP contribution in [-0.2, 0) is 9.47 Å². The van der Waals surface area contributed by atoms with Gasteiger partial charge >= 0.3 is 0 Å². The molecule has 0 heterocycles. The van der Waals surface area contributed by atoms with E-state index in [2.05, 4.69) is 13.8 Å². The molecule has 0 aromatic rings. The van der Waals surface area contributed by atoms with Gasteiger partial charge in [-0.3, -0.25) is 0 Å². The number of unbranched alkanes of at least 4 members (excludes halogenated alkanes) is 14. The Kier molecular flexibility index (Phi) is 25.0. The fourth-order valence-corrected chi connectivity index (χ4v) is 3.90. The van der Waals surface area contributed by atoms with Crippen molar-refractivity contribution in [2.45, 2.75) is 155 Å². The Morgan fingerprint density at radius 3 is 1.53 bits per heavy atom. The number of alkyl halides is 1. The summed E-state index contributed by atoms with van der Waals surface area (Å²) >= 11 is 0. The second-order valence-electron chi connectivity index (χ2n) is 9.23. The molecule has 0 spiro atoms. The van der Waals surface area contributed by atoms with Crippen molar-refractivity contribution >= 4 is 0 Å². The van der Waals surface area contributed by atoms with Crippen LogP contribution in [0.3, 0.4) is 0 Å². The third-order valence-corrected chi connectivity index (χ3v) is 5.91. The molecule has 0 rings (SSSR count). The SMILES string of the molecule is CCCCOC(CCC)COCCCCCCCCCCCCCCCCC(C)F. The molecular formula is C27H55FO2. The van der Waals surface area contributed by atoms with Gasteiger partial charge in [0.05, 0.1) is 18.9 Å². The lowest BCUT2D eigenvalue weighted by Crippen LogP contribution is -2.20. The van der Waals surface area contributed by atoms with Crippen LogP contribution < -0.4 is 0 Å². The van der Waals surface area contributed by atoms with E-state index in [-0.39, 0.29) is 0 Å². The van der Waals surface area contributed by atoms with E-state index in [0.717, 1.165) is 45.5 Å². The van der Waals surface area contributed by atoms with E-state index in [0.29, 0.717) is 6.10 Å². The Morgan fingerprint density at radius 2 is 1.07 bits per heavy atom. The Labute approximate surface area is 189 Å². The highest BCUT2D eigenvalue weighted by Gasteiger charge is 2.07. The molecule has 0 N–H and O–H groups in total. The number of halogens is 1. The molecule has 0 fully saturated rings. The standard InChI is InChI=1S/C27H55FO2/c1-4-6-24-30-27(21-5-2)25-29-23-20-18-16-14-12-10-8-7-9-11-13-15-17-19-22-26(3)28/h26-27H,4-25H2,1-3H3. The summed E-state index contributed by atoms with van der Waals surface area (Å²) in [5.74, 6) is 0. The number of rotatable bonds is 25. The van der Waals surface area contributed by atoms with Gasteiger partial charge in [-0.05, 0) is 32.6 Å². The maximum atomic E-state index is 12.7. The molecule has 0 bridgehead atoms. The number of hydrogen-bond donors (Lipinski definition) is 0. The maximum Gasteiger partial charge on any atom is 0.0973 e. The summed E-state index contributed by atoms with van der Waals surface area (Å²) in [7, 11) is 0. The Balaban J connectivity index is 3.21. The predicted molar refractivity (Wildman–Crippen MR) is 130 cm³/mol. The van der Waals surface area contributed by atoms with E-state index in [9.17, 15) is 4.39 Å². The minimum Gasteiger partial charge on any atom is -0.379 e. The molecule has 30 heavy (non-hydrogen) atoms. The van der Waals surface area contributed by atoms with Crippen LogP contribution in [0.2, 0.25) is 0 Å². The first kappa shape index (κ1) is 29.9. The molecule has 3 heteroatoms. The van der Waals surface area contributed by atoms with E-state index in [1.165, 1.54) is 96.3 Å². The predicted octanol–water partition coefficient (Wildman–Crippen LogP) is 9.20. The van der Waals surface area contributed by atoms with Gasteiger partial charge in [0.15, 0.2) is 0 Å². The van der Waals surface area contributed by atoms with Gasteiger partial charge < -0.3 is 9.47 Å². The van der Waals surface area contributed by atoms with Crippen LogP contribution >= 0.6 is 0 Å². The van der Waals surface area contributed by atoms with Crippen molar-refractivity contribution in [3.63, 3.8) is 0 Å². The average molecular weight is 431 g/mol. The number of ether oxygens (including phenoxy) is 2. The third kappa shape index (κ3) is 24.1. The molecule has 2 atom stereocenters. The molecule has 0 amide bonds. The molecule has 0 saturated carbocycles. The fraction of sp³-hybridized carbons (Fsp3) is 1.00. The molecule has 2 nitrogen and oxygen atoms in total. The third-order valence-electron chi connectivity index (χ3n) is 5.91. The zero-order valence-corrected chi connectivity index (χ0v) is 20.9. The molecule has 2 unspecified atom stereocenters. The van der Waals surface area contributed by atoms with Crippen molar-refractivity contribution in [3.8, 4) is 0 Å². The molecule has 0 aromatic heterocycles. The summed E-state index contributed by atoms with van der Waals surface area (Å²) in [6.07, 6.45) is 23.6. The van der Waals surface area contributed by atoms with Crippen molar-refractivity contribution in [3.05, 3.63) is 0 Å². The number of hydrogen-bond acceptors (Lipinski definition) is 2. The lowest BCUT2D eigenvalue weighted by Gasteiger charge is -2.17. The quantitative estimate of drug-likeness (QED) is 0.134. The van der Waals surface area contributed by atoms with Crippen LogP contribution in [0.5, 0.6) is 0 Å². The van der Waals surface area contributed by atoms with E-state index >= 15 is 0 Å². The van der Waals surface area contributed by atoms with E-state index in [1.54, 1.807) is 6.92 Å². The van der Waals surface area contributed by atoms with Crippen molar-refractivity contribution in [2.75, 3.05) is 19.8 Å². The highest BCUT2D eigenvalue weighted by atomic mass is 19.1. The van der Waals surface area contributed by atoms with Gasteiger partial charge in [-0.15, -0.1) is 0 Å². The molecule has 182 valence electrons. The van der Waals surface area contributed by atoms with E-state index in [1.807, 2.05) is 0 Å². The van der Waals surface area contributed by atoms with Gasteiger partial charge in [0, 0.05) is 13.2 Å². The molecule has 0 aromatic carbocycles. The first-order chi connectivity index (χ1) is 14.7. The first-order valence-electron chi connectivity index (χ1n) is 13.5. The highest BCUT2D eigenvalue weighted by Crippen LogP contribution is 2.14. The molecule has 0 aliphatic rings. The van der Waals surface area contributed by atoms with Crippen molar-refractivity contribution in [1.29, 1.82) is 0 Å². The average Bonchev–Trinajstić information content (AvgIpc) is 2.72. The fourth-order valence-electron chi connectivity index (χ4n) is 3.90. The van der Waals surface area contributed by atoms with Crippen LogP contribution in [0.15, 0.2) is 0 Å². The molecule has 0 radical (unpaired) electrons. The first-order valence-corrected chi connectivity index (χ1v) is 13.5. The van der Waals surface area contributed by atoms with Gasteiger partial charge in [-0.2, -0.15) is 0 Å². The summed E-state index contributed by atoms with van der Waals surface area (Å²) in [4.78, 5) is 0. The Bertz CT molecular complexity index is 309. The van der Waals surface area contributed by atoms with Crippen molar-refractivity contribution in [2.24, 2.45) is 0 Å². The van der Waals surface area contributed by atoms with Crippen LogP contribution in [0, 0.1) is 0 Å². The second-order valence-corrected chi connectivity index (χ2v) is 9.23. The Morgan fingerprint density at radius 1 is 0.567 bits per heavy atom. The lowest BCUT2D eigenvalue weighted by molar-refractivity contribution is -0.0223. The minimum atomic E-state index is -0.614. The minimum absolute atomic E-state index is 0.298. The molecule has 0 saturated heterocycles. The van der Waals surface area contributed by atoms with Crippen molar-refractivity contribution < 1.29 is 13.9 Å². The zero-order chi connectivity index (χ0) is 22.1.